The number of ether oxygens (including phenoxy) is 1. The Morgan fingerprint density at radius 2 is 1.78 bits per heavy atom. The van der Waals surface area contributed by atoms with Gasteiger partial charge in [0.2, 0.25) is 5.91 Å². The van der Waals surface area contributed by atoms with Gasteiger partial charge in [0, 0.05) is 16.2 Å². The lowest BCUT2D eigenvalue weighted by Gasteiger charge is -2.13. The fraction of sp³-hybridized carbons (Fsp3) is 0.0800. The maximum atomic E-state index is 12.9. The highest BCUT2D eigenvalue weighted by Gasteiger charge is 2.35. The second-order valence-corrected chi connectivity index (χ2v) is 7.63. The van der Waals surface area contributed by atoms with E-state index < -0.39 is 11.9 Å². The molecule has 32 heavy (non-hydrogen) atoms. The number of hydrogen-bond donors (Lipinski definition) is 1. The molecular formula is C25H18ClNO5. The van der Waals surface area contributed by atoms with E-state index in [0.29, 0.717) is 27.6 Å². The van der Waals surface area contributed by atoms with Gasteiger partial charge in [-0.1, -0.05) is 48.0 Å². The van der Waals surface area contributed by atoms with Gasteiger partial charge < -0.3 is 9.84 Å². The molecule has 0 bridgehead atoms. The van der Waals surface area contributed by atoms with Crippen molar-refractivity contribution in [2.45, 2.75) is 13.0 Å². The number of para-hydroxylation sites is 1. The first-order valence-corrected chi connectivity index (χ1v) is 10.2. The van der Waals surface area contributed by atoms with E-state index in [9.17, 15) is 14.4 Å². The Labute approximate surface area is 189 Å². The topological polar surface area (TPSA) is 83.9 Å². The third-order valence-electron chi connectivity index (χ3n) is 4.98. The number of carbonyl (C=O) groups is 3. The minimum Gasteiger partial charge on any atom is -0.488 e. The van der Waals surface area contributed by atoms with Gasteiger partial charge in [0.25, 0.3) is 5.91 Å². The Balaban J connectivity index is 1.54. The number of carboxylic acids is 1. The van der Waals surface area contributed by atoms with Gasteiger partial charge in [-0.15, -0.1) is 0 Å². The monoisotopic (exact) mass is 447 g/mol. The molecule has 1 aliphatic heterocycles. The fourth-order valence-electron chi connectivity index (χ4n) is 3.39. The van der Waals surface area contributed by atoms with Gasteiger partial charge in [0.15, 0.2) is 0 Å². The summed E-state index contributed by atoms with van der Waals surface area (Å²) in [5.41, 5.74) is 2.46. The van der Waals surface area contributed by atoms with E-state index in [-0.39, 0.29) is 24.5 Å². The number of carbonyl (C=O) groups excluding carboxylic acids is 2. The number of hydrogen-bond acceptors (Lipinski definition) is 4. The molecule has 4 rings (SSSR count). The lowest BCUT2D eigenvalue weighted by molar-refractivity contribution is -0.120. The fourth-order valence-corrected chi connectivity index (χ4v) is 3.57. The largest absolute Gasteiger partial charge is 0.488 e. The van der Waals surface area contributed by atoms with Crippen LogP contribution in [0.15, 0.2) is 78.4 Å². The molecule has 1 fully saturated rings. The summed E-state index contributed by atoms with van der Waals surface area (Å²) in [6, 6.07) is 20.2. The zero-order valence-corrected chi connectivity index (χ0v) is 17.6. The second-order valence-electron chi connectivity index (χ2n) is 7.19. The molecule has 0 saturated carbocycles. The van der Waals surface area contributed by atoms with Crippen LogP contribution in [0.5, 0.6) is 5.75 Å². The van der Waals surface area contributed by atoms with Crippen LogP contribution in [0.1, 0.15) is 27.9 Å². The van der Waals surface area contributed by atoms with Crippen molar-refractivity contribution in [3.05, 3.63) is 100 Å². The molecule has 160 valence electrons. The summed E-state index contributed by atoms with van der Waals surface area (Å²) >= 11 is 6.01. The van der Waals surface area contributed by atoms with Crippen LogP contribution in [-0.4, -0.2) is 22.9 Å². The molecule has 3 aromatic carbocycles. The molecule has 7 heteroatoms. The maximum Gasteiger partial charge on any atom is 0.335 e. The number of carboxylic acid groups (broad SMARTS) is 1. The highest BCUT2D eigenvalue weighted by molar-refractivity contribution is 6.32. The zero-order valence-electron chi connectivity index (χ0n) is 16.8. The van der Waals surface area contributed by atoms with Crippen LogP contribution >= 0.6 is 11.6 Å². The predicted molar refractivity (Wildman–Crippen MR) is 121 cm³/mol. The van der Waals surface area contributed by atoms with Crippen LogP contribution in [0.2, 0.25) is 5.02 Å². The van der Waals surface area contributed by atoms with Crippen molar-refractivity contribution in [2.24, 2.45) is 0 Å². The average Bonchev–Trinajstić information content (AvgIpc) is 3.06. The number of rotatable bonds is 6. The third kappa shape index (κ3) is 4.55. The molecule has 3 aromatic rings. The van der Waals surface area contributed by atoms with Crippen LogP contribution in [0, 0.1) is 0 Å². The number of anilines is 1. The number of halogens is 1. The van der Waals surface area contributed by atoms with E-state index in [0.717, 1.165) is 10.5 Å². The summed E-state index contributed by atoms with van der Waals surface area (Å²) in [7, 11) is 0. The van der Waals surface area contributed by atoms with Crippen molar-refractivity contribution in [1.29, 1.82) is 0 Å². The van der Waals surface area contributed by atoms with Crippen molar-refractivity contribution in [2.75, 3.05) is 4.90 Å². The van der Waals surface area contributed by atoms with Crippen molar-refractivity contribution in [3.8, 4) is 5.75 Å². The summed E-state index contributed by atoms with van der Waals surface area (Å²) in [6.45, 7) is 0.224. The van der Waals surface area contributed by atoms with E-state index in [1.165, 1.54) is 12.1 Å². The van der Waals surface area contributed by atoms with Crippen molar-refractivity contribution in [3.63, 3.8) is 0 Å². The van der Waals surface area contributed by atoms with Crippen LogP contribution in [0.3, 0.4) is 0 Å². The van der Waals surface area contributed by atoms with Gasteiger partial charge in [0.1, 0.15) is 12.4 Å². The van der Waals surface area contributed by atoms with Crippen LogP contribution < -0.4 is 9.64 Å². The lowest BCUT2D eigenvalue weighted by Crippen LogP contribution is -2.28. The summed E-state index contributed by atoms with van der Waals surface area (Å²) in [4.78, 5) is 37.5. The zero-order chi connectivity index (χ0) is 22.7. The smallest absolute Gasteiger partial charge is 0.335 e. The summed E-state index contributed by atoms with van der Waals surface area (Å²) < 4.78 is 5.90. The molecule has 1 saturated heterocycles. The van der Waals surface area contributed by atoms with E-state index in [4.69, 9.17) is 21.4 Å². The van der Waals surface area contributed by atoms with Gasteiger partial charge in [-0.3, -0.25) is 9.59 Å². The van der Waals surface area contributed by atoms with Crippen LogP contribution in [0.25, 0.3) is 6.08 Å². The standard InChI is InChI=1S/C25H18ClNO5/c26-20-5-3-6-21(14-20)27-23(28)13-19(24(27)29)12-18-4-1-2-7-22(18)32-15-16-8-10-17(11-9-16)25(30)31/h1-12,14H,13,15H2,(H,30,31)/b19-12+. The summed E-state index contributed by atoms with van der Waals surface area (Å²) in [5, 5.41) is 9.44. The molecule has 0 radical (unpaired) electrons. The van der Waals surface area contributed by atoms with Gasteiger partial charge in [-0.25, -0.2) is 9.69 Å². The molecule has 1 N–H and O–H groups in total. The highest BCUT2D eigenvalue weighted by Crippen LogP contribution is 2.31. The first-order chi connectivity index (χ1) is 15.4. The molecule has 1 aliphatic rings. The SMILES string of the molecule is O=C(O)c1ccc(COc2ccccc2/C=C2\CC(=O)N(c3cccc(Cl)c3)C2=O)cc1. The Morgan fingerprint density at radius 1 is 1.03 bits per heavy atom. The Bertz CT molecular complexity index is 1230. The normalized spacial score (nSPS) is 14.8. The minimum absolute atomic E-state index is 0.0175. The van der Waals surface area contributed by atoms with E-state index >= 15 is 0 Å². The van der Waals surface area contributed by atoms with Gasteiger partial charge in [0.05, 0.1) is 17.7 Å². The predicted octanol–water partition coefficient (Wildman–Crippen LogP) is 4.96. The molecule has 0 aliphatic carbocycles. The van der Waals surface area contributed by atoms with Gasteiger partial charge >= 0.3 is 5.97 Å². The van der Waals surface area contributed by atoms with Gasteiger partial charge in [-0.2, -0.15) is 0 Å². The van der Waals surface area contributed by atoms with Crippen molar-refractivity contribution in [1.82, 2.24) is 0 Å². The number of benzene rings is 3. The quantitative estimate of drug-likeness (QED) is 0.426. The van der Waals surface area contributed by atoms with Crippen molar-refractivity contribution >= 4 is 41.1 Å². The summed E-state index contributed by atoms with van der Waals surface area (Å²) in [5.74, 6) is -1.16. The van der Waals surface area contributed by atoms with Crippen molar-refractivity contribution < 1.29 is 24.2 Å². The second kappa shape index (κ2) is 9.08. The molecule has 0 aromatic heterocycles. The van der Waals surface area contributed by atoms with E-state index in [2.05, 4.69) is 0 Å². The van der Waals surface area contributed by atoms with Crippen LogP contribution in [-0.2, 0) is 16.2 Å². The molecule has 0 spiro atoms. The minimum atomic E-state index is -0.989. The molecule has 6 nitrogen and oxygen atoms in total. The van der Waals surface area contributed by atoms with Gasteiger partial charge in [-0.05, 0) is 48.0 Å². The molecule has 2 amide bonds. The first-order valence-electron chi connectivity index (χ1n) is 9.80. The molecule has 0 atom stereocenters. The number of amides is 2. The molecular weight excluding hydrogens is 430 g/mol. The number of aromatic carboxylic acids is 1. The molecule has 0 unspecified atom stereocenters. The summed E-state index contributed by atoms with van der Waals surface area (Å²) in [6.07, 6.45) is 1.64. The highest BCUT2D eigenvalue weighted by atomic mass is 35.5. The Kier molecular flexibility index (Phi) is 6.05. The number of nitrogens with zero attached hydrogens (tertiary/aromatic N) is 1. The Morgan fingerprint density at radius 3 is 2.50 bits per heavy atom. The van der Waals surface area contributed by atoms with E-state index in [1.54, 1.807) is 54.6 Å². The molecule has 1 heterocycles. The van der Waals surface area contributed by atoms with Crippen LogP contribution in [0.4, 0.5) is 5.69 Å². The maximum absolute atomic E-state index is 12.9. The average molecular weight is 448 g/mol. The first kappa shape index (κ1) is 21.3. The Hall–Kier alpha value is -3.90. The van der Waals surface area contributed by atoms with E-state index in [1.807, 2.05) is 12.1 Å². The lowest BCUT2D eigenvalue weighted by atomic mass is 10.1. The third-order valence-corrected chi connectivity index (χ3v) is 5.21. The number of imide groups is 1.